The topological polar surface area (TPSA) is 45.2 Å². The number of anilines is 2. The summed E-state index contributed by atoms with van der Waals surface area (Å²) in [5.41, 5.74) is -0.193. The van der Waals surface area contributed by atoms with E-state index in [2.05, 4.69) is 10.3 Å². The Morgan fingerprint density at radius 1 is 1.15 bits per heavy atom. The standard InChI is InChI=1S/C18H17ClF3N3O/c19-14-3-1-2-4-15(14)24-17(26)12-7-9-25(10-8-12)16-6-5-13(11-23-16)18(20,21)22/h1-6,11-12H,7-10H2,(H,24,26). The van der Waals surface area contributed by atoms with Crippen molar-refractivity contribution in [2.75, 3.05) is 23.3 Å². The maximum absolute atomic E-state index is 12.6. The molecule has 0 spiro atoms. The van der Waals surface area contributed by atoms with Crippen LogP contribution < -0.4 is 10.2 Å². The quantitative estimate of drug-likeness (QED) is 0.841. The van der Waals surface area contributed by atoms with Crippen LogP contribution in [0.25, 0.3) is 0 Å². The third kappa shape index (κ3) is 4.27. The van der Waals surface area contributed by atoms with Gasteiger partial charge in [-0.1, -0.05) is 23.7 Å². The molecule has 0 unspecified atom stereocenters. The fraction of sp³-hybridized carbons (Fsp3) is 0.333. The van der Waals surface area contributed by atoms with Gasteiger partial charge in [-0.3, -0.25) is 4.79 Å². The van der Waals surface area contributed by atoms with Crippen LogP contribution in [0.1, 0.15) is 18.4 Å². The van der Waals surface area contributed by atoms with Gasteiger partial charge in [0.05, 0.1) is 16.3 Å². The Kier molecular flexibility index (Phi) is 5.36. The second-order valence-corrected chi connectivity index (χ2v) is 6.54. The summed E-state index contributed by atoms with van der Waals surface area (Å²) in [6, 6.07) is 9.41. The van der Waals surface area contributed by atoms with E-state index in [0.29, 0.717) is 42.5 Å². The van der Waals surface area contributed by atoms with Gasteiger partial charge in [0, 0.05) is 25.2 Å². The summed E-state index contributed by atoms with van der Waals surface area (Å²) >= 11 is 6.04. The number of pyridine rings is 1. The minimum atomic E-state index is -4.39. The molecule has 1 aromatic heterocycles. The molecule has 1 N–H and O–H groups in total. The van der Waals surface area contributed by atoms with Gasteiger partial charge in [0.15, 0.2) is 0 Å². The van der Waals surface area contributed by atoms with Crippen molar-refractivity contribution in [1.29, 1.82) is 0 Å². The molecule has 1 saturated heterocycles. The van der Waals surface area contributed by atoms with E-state index in [4.69, 9.17) is 11.6 Å². The van der Waals surface area contributed by atoms with Crippen molar-refractivity contribution >= 4 is 29.0 Å². The number of nitrogens with one attached hydrogen (secondary N) is 1. The van der Waals surface area contributed by atoms with Crippen molar-refractivity contribution in [1.82, 2.24) is 4.98 Å². The molecular weight excluding hydrogens is 367 g/mol. The van der Waals surface area contributed by atoms with Crippen molar-refractivity contribution in [2.45, 2.75) is 19.0 Å². The number of rotatable bonds is 3. The number of alkyl halides is 3. The third-order valence-corrected chi connectivity index (χ3v) is 4.73. The van der Waals surface area contributed by atoms with Crippen LogP contribution >= 0.6 is 11.6 Å². The molecule has 0 atom stereocenters. The van der Waals surface area contributed by atoms with Crippen molar-refractivity contribution < 1.29 is 18.0 Å². The first kappa shape index (κ1) is 18.5. The molecule has 2 heterocycles. The number of piperidine rings is 1. The zero-order chi connectivity index (χ0) is 18.7. The monoisotopic (exact) mass is 383 g/mol. The highest BCUT2D eigenvalue weighted by Gasteiger charge is 2.31. The van der Waals surface area contributed by atoms with Crippen molar-refractivity contribution in [3.05, 3.63) is 53.2 Å². The van der Waals surface area contributed by atoms with E-state index >= 15 is 0 Å². The number of hydrogen-bond donors (Lipinski definition) is 1. The molecule has 0 saturated carbocycles. The number of halogens is 4. The zero-order valence-electron chi connectivity index (χ0n) is 13.8. The van der Waals surface area contributed by atoms with Crippen LogP contribution in [0.5, 0.6) is 0 Å². The second-order valence-electron chi connectivity index (χ2n) is 6.13. The number of aromatic nitrogens is 1. The Morgan fingerprint density at radius 3 is 2.42 bits per heavy atom. The largest absolute Gasteiger partial charge is 0.417 e. The van der Waals surface area contributed by atoms with Crippen LogP contribution in [0.2, 0.25) is 5.02 Å². The van der Waals surface area contributed by atoms with Crippen LogP contribution in [-0.4, -0.2) is 24.0 Å². The maximum Gasteiger partial charge on any atom is 0.417 e. The summed E-state index contributed by atoms with van der Waals surface area (Å²) in [5, 5.41) is 3.31. The summed E-state index contributed by atoms with van der Waals surface area (Å²) in [6.45, 7) is 1.11. The maximum atomic E-state index is 12.6. The van der Waals surface area contributed by atoms with Gasteiger partial charge in [-0.15, -0.1) is 0 Å². The highest BCUT2D eigenvalue weighted by Crippen LogP contribution is 2.30. The lowest BCUT2D eigenvalue weighted by molar-refractivity contribution is -0.137. The molecule has 138 valence electrons. The van der Waals surface area contributed by atoms with E-state index in [9.17, 15) is 18.0 Å². The highest BCUT2D eigenvalue weighted by atomic mass is 35.5. The van der Waals surface area contributed by atoms with Gasteiger partial charge in [-0.05, 0) is 37.1 Å². The molecule has 1 fully saturated rings. The molecule has 1 aliphatic rings. The van der Waals surface area contributed by atoms with Gasteiger partial charge in [-0.25, -0.2) is 4.98 Å². The first-order chi connectivity index (χ1) is 12.3. The molecule has 0 bridgehead atoms. The summed E-state index contributed by atoms with van der Waals surface area (Å²) in [6.07, 6.45) is -2.36. The van der Waals surface area contributed by atoms with Gasteiger partial charge < -0.3 is 10.2 Å². The Labute approximate surface area is 154 Å². The fourth-order valence-corrected chi connectivity index (χ4v) is 3.09. The normalized spacial score (nSPS) is 15.8. The predicted molar refractivity (Wildman–Crippen MR) is 94.3 cm³/mol. The number of benzene rings is 1. The molecule has 1 aliphatic heterocycles. The minimum absolute atomic E-state index is 0.0990. The van der Waals surface area contributed by atoms with E-state index < -0.39 is 11.7 Å². The molecule has 1 aromatic carbocycles. The summed E-state index contributed by atoms with van der Waals surface area (Å²) in [7, 11) is 0. The number of carbonyl (C=O) groups excluding carboxylic acids is 1. The number of carbonyl (C=O) groups is 1. The van der Waals surface area contributed by atoms with Gasteiger partial charge in [0.1, 0.15) is 5.82 Å². The first-order valence-corrected chi connectivity index (χ1v) is 8.56. The molecule has 26 heavy (non-hydrogen) atoms. The van der Waals surface area contributed by atoms with Crippen molar-refractivity contribution in [3.63, 3.8) is 0 Å². The Balaban J connectivity index is 1.57. The molecule has 8 heteroatoms. The van der Waals surface area contributed by atoms with Gasteiger partial charge in [0.25, 0.3) is 0 Å². The summed E-state index contributed by atoms with van der Waals surface area (Å²) < 4.78 is 37.8. The third-order valence-electron chi connectivity index (χ3n) is 4.40. The number of para-hydroxylation sites is 1. The van der Waals surface area contributed by atoms with Crippen LogP contribution in [0.3, 0.4) is 0 Å². The van der Waals surface area contributed by atoms with Gasteiger partial charge in [0.2, 0.25) is 5.91 Å². The van der Waals surface area contributed by atoms with E-state index in [-0.39, 0.29) is 11.8 Å². The molecule has 0 radical (unpaired) electrons. The van der Waals surface area contributed by atoms with Crippen LogP contribution in [0.4, 0.5) is 24.7 Å². The molecule has 0 aliphatic carbocycles. The predicted octanol–water partition coefficient (Wildman–Crippen LogP) is 4.61. The second kappa shape index (κ2) is 7.53. The molecule has 3 rings (SSSR count). The summed E-state index contributed by atoms with van der Waals surface area (Å²) in [4.78, 5) is 18.2. The van der Waals surface area contributed by atoms with Crippen LogP contribution in [0, 0.1) is 5.92 Å². The van der Waals surface area contributed by atoms with Crippen molar-refractivity contribution in [3.8, 4) is 0 Å². The average molecular weight is 384 g/mol. The lowest BCUT2D eigenvalue weighted by Crippen LogP contribution is -2.38. The molecule has 4 nitrogen and oxygen atoms in total. The Hall–Kier alpha value is -2.28. The van der Waals surface area contributed by atoms with E-state index in [1.54, 1.807) is 24.3 Å². The number of amides is 1. The Morgan fingerprint density at radius 2 is 1.85 bits per heavy atom. The first-order valence-electron chi connectivity index (χ1n) is 8.18. The number of nitrogens with zero attached hydrogens (tertiary/aromatic N) is 2. The molecule has 1 amide bonds. The van der Waals surface area contributed by atoms with E-state index in [1.807, 2.05) is 4.90 Å². The Bertz CT molecular complexity index is 772. The summed E-state index contributed by atoms with van der Waals surface area (Å²) in [5.74, 6) is 0.220. The lowest BCUT2D eigenvalue weighted by atomic mass is 9.95. The number of hydrogen-bond acceptors (Lipinski definition) is 3. The lowest BCUT2D eigenvalue weighted by Gasteiger charge is -2.32. The van der Waals surface area contributed by atoms with Crippen LogP contribution in [0.15, 0.2) is 42.6 Å². The molecule has 2 aromatic rings. The fourth-order valence-electron chi connectivity index (χ4n) is 2.91. The SMILES string of the molecule is O=C(Nc1ccccc1Cl)C1CCN(c2ccc(C(F)(F)F)cn2)CC1. The van der Waals surface area contributed by atoms with Gasteiger partial charge >= 0.3 is 6.18 Å². The zero-order valence-corrected chi connectivity index (χ0v) is 14.5. The van der Waals surface area contributed by atoms with E-state index in [1.165, 1.54) is 6.07 Å². The molecular formula is C18H17ClF3N3O. The smallest absolute Gasteiger partial charge is 0.357 e. The van der Waals surface area contributed by atoms with Crippen LogP contribution in [-0.2, 0) is 11.0 Å². The van der Waals surface area contributed by atoms with Crippen molar-refractivity contribution in [2.24, 2.45) is 5.92 Å². The average Bonchev–Trinajstić information content (AvgIpc) is 2.63. The van der Waals surface area contributed by atoms with E-state index in [0.717, 1.165) is 12.3 Å². The highest BCUT2D eigenvalue weighted by molar-refractivity contribution is 6.33. The van der Waals surface area contributed by atoms with Gasteiger partial charge in [-0.2, -0.15) is 13.2 Å². The minimum Gasteiger partial charge on any atom is -0.357 e.